The van der Waals surface area contributed by atoms with Crippen LogP contribution in [-0.4, -0.2) is 9.97 Å². The zero-order valence-corrected chi connectivity index (χ0v) is 12.1. The summed E-state index contributed by atoms with van der Waals surface area (Å²) in [6.45, 7) is 4.04. The third kappa shape index (κ3) is 3.69. The number of rotatable bonds is 4. The molecule has 1 aromatic heterocycles. The first-order valence-electron chi connectivity index (χ1n) is 6.36. The number of nitrogens with one attached hydrogen (secondary N) is 1. The summed E-state index contributed by atoms with van der Waals surface area (Å²) in [6.07, 6.45) is 0.414. The maximum Gasteiger partial charge on any atom is 0.135 e. The van der Waals surface area contributed by atoms with Gasteiger partial charge in [0.15, 0.2) is 0 Å². The summed E-state index contributed by atoms with van der Waals surface area (Å²) in [5.74, 6) is 1.59. The van der Waals surface area contributed by atoms with Crippen molar-refractivity contribution in [2.24, 2.45) is 0 Å². The zero-order chi connectivity index (χ0) is 14.5. The average Bonchev–Trinajstić information content (AvgIpc) is 2.40. The summed E-state index contributed by atoms with van der Waals surface area (Å²) in [5, 5.41) is 12.3. The second-order valence-corrected chi connectivity index (χ2v) is 5.13. The lowest BCUT2D eigenvalue weighted by Crippen LogP contribution is -2.02. The zero-order valence-electron chi connectivity index (χ0n) is 11.4. The van der Waals surface area contributed by atoms with Gasteiger partial charge >= 0.3 is 0 Å². The maximum atomic E-state index is 8.64. The first-order valence-corrected chi connectivity index (χ1v) is 6.73. The van der Waals surface area contributed by atoms with Gasteiger partial charge < -0.3 is 5.32 Å². The Bertz CT molecular complexity index is 629. The summed E-state index contributed by atoms with van der Waals surface area (Å²) < 4.78 is 0. The standard InChI is InChI=1S/C15H15ClN4/c1-10(2)15-19-13(16)9-14(20-15)18-12-5-3-11(4-6-12)7-8-17/h3-6,9-10H,7H2,1-2H3,(H,18,19,20). The van der Waals surface area contributed by atoms with E-state index in [0.717, 1.165) is 11.3 Å². The van der Waals surface area contributed by atoms with Crippen LogP contribution in [0.1, 0.15) is 31.2 Å². The Morgan fingerprint density at radius 2 is 1.95 bits per heavy atom. The Labute approximate surface area is 123 Å². The van der Waals surface area contributed by atoms with Gasteiger partial charge in [0.2, 0.25) is 0 Å². The fourth-order valence-corrected chi connectivity index (χ4v) is 1.89. The molecule has 0 bridgehead atoms. The molecule has 102 valence electrons. The minimum Gasteiger partial charge on any atom is -0.340 e. The molecule has 2 aromatic rings. The van der Waals surface area contributed by atoms with Crippen LogP contribution < -0.4 is 5.32 Å². The fraction of sp³-hybridized carbons (Fsp3) is 0.267. The monoisotopic (exact) mass is 286 g/mol. The molecule has 5 heteroatoms. The van der Waals surface area contributed by atoms with Gasteiger partial charge in [-0.3, -0.25) is 0 Å². The van der Waals surface area contributed by atoms with E-state index in [0.29, 0.717) is 23.2 Å². The third-order valence-electron chi connectivity index (χ3n) is 2.74. The van der Waals surface area contributed by atoms with Crippen molar-refractivity contribution in [1.82, 2.24) is 9.97 Å². The molecule has 0 aliphatic heterocycles. The molecule has 0 fully saturated rings. The van der Waals surface area contributed by atoms with Crippen LogP contribution in [0.15, 0.2) is 30.3 Å². The van der Waals surface area contributed by atoms with Crippen molar-refractivity contribution < 1.29 is 0 Å². The Kier molecular flexibility index (Phi) is 4.54. The van der Waals surface area contributed by atoms with Gasteiger partial charge in [-0.1, -0.05) is 37.6 Å². The Morgan fingerprint density at radius 3 is 2.55 bits per heavy atom. The van der Waals surface area contributed by atoms with Gasteiger partial charge in [-0.2, -0.15) is 5.26 Å². The van der Waals surface area contributed by atoms with E-state index in [9.17, 15) is 0 Å². The lowest BCUT2D eigenvalue weighted by atomic mass is 10.1. The highest BCUT2D eigenvalue weighted by Gasteiger charge is 2.07. The SMILES string of the molecule is CC(C)c1nc(Cl)cc(Nc2ccc(CC#N)cc2)n1. The molecule has 0 spiro atoms. The minimum absolute atomic E-state index is 0.215. The van der Waals surface area contributed by atoms with Crippen molar-refractivity contribution >= 4 is 23.1 Å². The summed E-state index contributed by atoms with van der Waals surface area (Å²) in [4.78, 5) is 8.62. The van der Waals surface area contributed by atoms with Crippen LogP contribution in [0, 0.1) is 11.3 Å². The molecule has 0 aliphatic carbocycles. The van der Waals surface area contributed by atoms with E-state index in [1.807, 2.05) is 38.1 Å². The summed E-state index contributed by atoms with van der Waals surface area (Å²) >= 11 is 6.00. The second kappa shape index (κ2) is 6.36. The molecule has 4 nitrogen and oxygen atoms in total. The van der Waals surface area contributed by atoms with Crippen LogP contribution in [0.4, 0.5) is 11.5 Å². The molecule has 0 radical (unpaired) electrons. The van der Waals surface area contributed by atoms with Crippen LogP contribution in [-0.2, 0) is 6.42 Å². The van der Waals surface area contributed by atoms with Crippen molar-refractivity contribution in [2.75, 3.05) is 5.32 Å². The molecule has 2 rings (SSSR count). The number of hydrogen-bond donors (Lipinski definition) is 1. The van der Waals surface area contributed by atoms with Crippen LogP contribution in [0.5, 0.6) is 0 Å². The number of halogens is 1. The van der Waals surface area contributed by atoms with Crippen molar-refractivity contribution in [1.29, 1.82) is 5.26 Å². The first kappa shape index (κ1) is 14.3. The van der Waals surface area contributed by atoms with Gasteiger partial charge in [-0.25, -0.2) is 9.97 Å². The molecule has 1 heterocycles. The number of hydrogen-bond acceptors (Lipinski definition) is 4. The van der Waals surface area contributed by atoms with Crippen LogP contribution in [0.2, 0.25) is 5.15 Å². The minimum atomic E-state index is 0.215. The predicted molar refractivity (Wildman–Crippen MR) is 80.2 cm³/mol. The van der Waals surface area contributed by atoms with E-state index in [1.54, 1.807) is 6.07 Å². The average molecular weight is 287 g/mol. The van der Waals surface area contributed by atoms with Gasteiger partial charge in [0, 0.05) is 17.7 Å². The van der Waals surface area contributed by atoms with E-state index in [4.69, 9.17) is 16.9 Å². The number of benzene rings is 1. The molecule has 1 N–H and O–H groups in total. The second-order valence-electron chi connectivity index (χ2n) is 4.75. The van der Waals surface area contributed by atoms with Crippen LogP contribution in [0.25, 0.3) is 0 Å². The highest BCUT2D eigenvalue weighted by atomic mass is 35.5. The highest BCUT2D eigenvalue weighted by molar-refractivity contribution is 6.29. The number of aromatic nitrogens is 2. The molecule has 0 unspecified atom stereocenters. The van der Waals surface area contributed by atoms with Crippen molar-refractivity contribution in [3.8, 4) is 6.07 Å². The molecule has 0 atom stereocenters. The van der Waals surface area contributed by atoms with E-state index in [1.165, 1.54) is 0 Å². The molecule has 0 saturated heterocycles. The van der Waals surface area contributed by atoms with E-state index in [2.05, 4.69) is 21.4 Å². The number of anilines is 2. The highest BCUT2D eigenvalue weighted by Crippen LogP contribution is 2.20. The molecule has 0 amide bonds. The summed E-state index contributed by atoms with van der Waals surface area (Å²) in [6, 6.07) is 11.5. The summed E-state index contributed by atoms with van der Waals surface area (Å²) in [7, 11) is 0. The van der Waals surface area contributed by atoms with E-state index < -0.39 is 0 Å². The van der Waals surface area contributed by atoms with E-state index >= 15 is 0 Å². The number of nitriles is 1. The normalized spacial score (nSPS) is 10.3. The van der Waals surface area contributed by atoms with Gasteiger partial charge in [-0.15, -0.1) is 0 Å². The van der Waals surface area contributed by atoms with Crippen molar-refractivity contribution in [3.05, 3.63) is 46.9 Å². The van der Waals surface area contributed by atoms with Crippen LogP contribution in [0.3, 0.4) is 0 Å². The quantitative estimate of drug-likeness (QED) is 0.861. The van der Waals surface area contributed by atoms with Gasteiger partial charge in [0.05, 0.1) is 12.5 Å². The summed E-state index contributed by atoms with van der Waals surface area (Å²) in [5.41, 5.74) is 1.89. The fourth-order valence-electron chi connectivity index (χ4n) is 1.70. The van der Waals surface area contributed by atoms with Crippen molar-refractivity contribution in [2.45, 2.75) is 26.2 Å². The van der Waals surface area contributed by atoms with E-state index in [-0.39, 0.29) is 5.92 Å². The smallest absolute Gasteiger partial charge is 0.135 e. The molecule has 0 aliphatic rings. The van der Waals surface area contributed by atoms with Crippen LogP contribution >= 0.6 is 11.6 Å². The first-order chi connectivity index (χ1) is 9.58. The maximum absolute atomic E-state index is 8.64. The van der Waals surface area contributed by atoms with Crippen molar-refractivity contribution in [3.63, 3.8) is 0 Å². The molecular formula is C15H15ClN4. The third-order valence-corrected chi connectivity index (χ3v) is 2.93. The Morgan fingerprint density at radius 1 is 1.25 bits per heavy atom. The molecule has 0 saturated carbocycles. The lowest BCUT2D eigenvalue weighted by Gasteiger charge is -2.10. The van der Waals surface area contributed by atoms with Gasteiger partial charge in [0.25, 0.3) is 0 Å². The topological polar surface area (TPSA) is 61.6 Å². The van der Waals surface area contributed by atoms with Gasteiger partial charge in [-0.05, 0) is 17.7 Å². The Hall–Kier alpha value is -2.12. The molecule has 1 aromatic carbocycles. The number of nitrogens with zero attached hydrogens (tertiary/aromatic N) is 3. The Balaban J connectivity index is 2.19. The predicted octanol–water partition coefficient (Wildman–Crippen LogP) is 4.06. The molecule has 20 heavy (non-hydrogen) atoms. The lowest BCUT2D eigenvalue weighted by molar-refractivity contribution is 0.776. The largest absolute Gasteiger partial charge is 0.340 e. The molecular weight excluding hydrogens is 272 g/mol. The van der Waals surface area contributed by atoms with Gasteiger partial charge in [0.1, 0.15) is 16.8 Å².